The second-order valence-electron chi connectivity index (χ2n) is 2.73. The van der Waals surface area contributed by atoms with Crippen LogP contribution in [0.3, 0.4) is 0 Å². The van der Waals surface area contributed by atoms with Crippen LogP contribution in [0, 0.1) is 0 Å². The Labute approximate surface area is 78.3 Å². The second kappa shape index (κ2) is 4.91. The third-order valence-electron chi connectivity index (χ3n) is 1.98. The summed E-state index contributed by atoms with van der Waals surface area (Å²) in [4.78, 5) is 9.29. The molecule has 4 nitrogen and oxygen atoms in total. The Morgan fingerprint density at radius 1 is 1.62 bits per heavy atom. The lowest BCUT2D eigenvalue weighted by molar-refractivity contribution is -0.141. The maximum atomic E-state index is 5.62. The van der Waals surface area contributed by atoms with Crippen LogP contribution in [-0.2, 0) is 4.84 Å². The van der Waals surface area contributed by atoms with E-state index in [2.05, 4.69) is 4.98 Å². The lowest BCUT2D eigenvalue weighted by atomic mass is 10.2. The van der Waals surface area contributed by atoms with Gasteiger partial charge in [-0.3, -0.25) is 4.98 Å². The molecule has 1 unspecified atom stereocenters. The topological polar surface area (TPSA) is 51.4 Å². The van der Waals surface area contributed by atoms with Gasteiger partial charge in [0.25, 0.3) is 0 Å². The van der Waals surface area contributed by atoms with E-state index in [0.29, 0.717) is 6.54 Å². The van der Waals surface area contributed by atoms with E-state index in [0.717, 1.165) is 5.69 Å². The van der Waals surface area contributed by atoms with Gasteiger partial charge in [0.05, 0.1) is 18.8 Å². The van der Waals surface area contributed by atoms with Crippen LogP contribution in [0.2, 0.25) is 0 Å². The number of aromatic nitrogens is 1. The van der Waals surface area contributed by atoms with Gasteiger partial charge in [-0.1, -0.05) is 6.07 Å². The predicted molar refractivity (Wildman–Crippen MR) is 50.8 cm³/mol. The smallest absolute Gasteiger partial charge is 0.0892 e. The highest BCUT2D eigenvalue weighted by atomic mass is 16.7. The Morgan fingerprint density at radius 3 is 2.85 bits per heavy atom. The number of hydroxylamine groups is 2. The fourth-order valence-corrected chi connectivity index (χ4v) is 1.16. The van der Waals surface area contributed by atoms with E-state index in [1.54, 1.807) is 18.4 Å². The summed E-state index contributed by atoms with van der Waals surface area (Å²) >= 11 is 0. The van der Waals surface area contributed by atoms with E-state index < -0.39 is 0 Å². The minimum atomic E-state index is 0.0196. The van der Waals surface area contributed by atoms with Crippen LogP contribution in [0.5, 0.6) is 0 Å². The van der Waals surface area contributed by atoms with Crippen molar-refractivity contribution in [2.45, 2.75) is 6.04 Å². The van der Waals surface area contributed by atoms with Crippen molar-refractivity contribution in [2.75, 3.05) is 20.7 Å². The first-order valence-electron chi connectivity index (χ1n) is 4.17. The third kappa shape index (κ3) is 2.48. The number of nitrogens with two attached hydrogens (primary N) is 1. The lowest BCUT2D eigenvalue weighted by Gasteiger charge is -2.23. The Balaban J connectivity index is 2.78. The van der Waals surface area contributed by atoms with E-state index in [-0.39, 0.29) is 6.04 Å². The van der Waals surface area contributed by atoms with Gasteiger partial charge in [-0.05, 0) is 12.1 Å². The van der Waals surface area contributed by atoms with Crippen molar-refractivity contribution in [3.8, 4) is 0 Å². The van der Waals surface area contributed by atoms with Crippen molar-refractivity contribution in [1.29, 1.82) is 0 Å². The van der Waals surface area contributed by atoms with Gasteiger partial charge in [-0.25, -0.2) is 0 Å². The van der Waals surface area contributed by atoms with Gasteiger partial charge in [-0.2, -0.15) is 5.06 Å². The fourth-order valence-electron chi connectivity index (χ4n) is 1.16. The molecule has 0 radical (unpaired) electrons. The van der Waals surface area contributed by atoms with Crippen LogP contribution in [-0.4, -0.2) is 30.7 Å². The molecule has 0 saturated heterocycles. The van der Waals surface area contributed by atoms with E-state index in [1.807, 2.05) is 25.2 Å². The molecule has 13 heavy (non-hydrogen) atoms. The molecule has 0 spiro atoms. The molecule has 0 aliphatic carbocycles. The van der Waals surface area contributed by atoms with E-state index in [4.69, 9.17) is 10.6 Å². The highest BCUT2D eigenvalue weighted by Gasteiger charge is 2.15. The molecule has 0 aromatic carbocycles. The molecular formula is C9H15N3O. The lowest BCUT2D eigenvalue weighted by Crippen LogP contribution is -2.30. The zero-order valence-electron chi connectivity index (χ0n) is 7.97. The summed E-state index contributed by atoms with van der Waals surface area (Å²) in [6.07, 6.45) is 1.75. The van der Waals surface area contributed by atoms with Crippen molar-refractivity contribution in [3.63, 3.8) is 0 Å². The standard InChI is InChI=1S/C9H15N3O/c1-12(13-2)9(7-10)8-5-3-4-6-11-8/h3-6,9H,7,10H2,1-2H3. The largest absolute Gasteiger partial charge is 0.328 e. The normalized spacial score (nSPS) is 13.2. The second-order valence-corrected chi connectivity index (χ2v) is 2.73. The zero-order valence-corrected chi connectivity index (χ0v) is 7.97. The average Bonchev–Trinajstić information content (AvgIpc) is 2.20. The van der Waals surface area contributed by atoms with Gasteiger partial charge >= 0.3 is 0 Å². The molecule has 1 aromatic heterocycles. The predicted octanol–water partition coefficient (Wildman–Crippen LogP) is 0.575. The third-order valence-corrected chi connectivity index (χ3v) is 1.98. The molecule has 4 heteroatoms. The van der Waals surface area contributed by atoms with Gasteiger partial charge in [0.1, 0.15) is 0 Å². The van der Waals surface area contributed by atoms with Crippen LogP contribution in [0.4, 0.5) is 0 Å². The Kier molecular flexibility index (Phi) is 3.82. The molecule has 0 saturated carbocycles. The van der Waals surface area contributed by atoms with Crippen LogP contribution in [0.25, 0.3) is 0 Å². The van der Waals surface area contributed by atoms with Gasteiger partial charge in [0.15, 0.2) is 0 Å². The van der Waals surface area contributed by atoms with E-state index >= 15 is 0 Å². The van der Waals surface area contributed by atoms with Crippen LogP contribution >= 0.6 is 0 Å². The Morgan fingerprint density at radius 2 is 2.38 bits per heavy atom. The number of hydrogen-bond donors (Lipinski definition) is 1. The molecule has 2 N–H and O–H groups in total. The molecule has 1 heterocycles. The highest BCUT2D eigenvalue weighted by Crippen LogP contribution is 2.14. The minimum Gasteiger partial charge on any atom is -0.328 e. The molecule has 1 rings (SSSR count). The summed E-state index contributed by atoms with van der Waals surface area (Å²) < 4.78 is 0. The summed E-state index contributed by atoms with van der Waals surface area (Å²) in [6.45, 7) is 0.487. The average molecular weight is 181 g/mol. The van der Waals surface area contributed by atoms with Crippen LogP contribution in [0.1, 0.15) is 11.7 Å². The number of likely N-dealkylation sites (N-methyl/N-ethyl adjacent to an activating group) is 1. The first-order chi connectivity index (χ1) is 6.29. The highest BCUT2D eigenvalue weighted by molar-refractivity contribution is 5.08. The molecule has 1 atom stereocenters. The number of pyridine rings is 1. The van der Waals surface area contributed by atoms with Crippen LogP contribution in [0.15, 0.2) is 24.4 Å². The van der Waals surface area contributed by atoms with Crippen LogP contribution < -0.4 is 5.73 Å². The van der Waals surface area contributed by atoms with Gasteiger partial charge < -0.3 is 10.6 Å². The summed E-state index contributed by atoms with van der Waals surface area (Å²) in [5.41, 5.74) is 6.54. The summed E-state index contributed by atoms with van der Waals surface area (Å²) in [5, 5.41) is 1.70. The molecule has 0 amide bonds. The van der Waals surface area contributed by atoms with Crippen molar-refractivity contribution in [1.82, 2.24) is 10.0 Å². The number of hydrogen-bond acceptors (Lipinski definition) is 4. The Bertz CT molecular complexity index is 240. The monoisotopic (exact) mass is 181 g/mol. The Hall–Kier alpha value is -0.970. The summed E-state index contributed by atoms with van der Waals surface area (Å²) in [7, 11) is 3.46. The van der Waals surface area contributed by atoms with E-state index in [9.17, 15) is 0 Å². The summed E-state index contributed by atoms with van der Waals surface area (Å²) in [5.74, 6) is 0. The SMILES string of the molecule is CON(C)C(CN)c1ccccn1. The minimum absolute atomic E-state index is 0.0196. The molecule has 0 bridgehead atoms. The molecule has 0 fully saturated rings. The van der Waals surface area contributed by atoms with Crippen molar-refractivity contribution in [3.05, 3.63) is 30.1 Å². The van der Waals surface area contributed by atoms with Crippen molar-refractivity contribution >= 4 is 0 Å². The quantitative estimate of drug-likeness (QED) is 0.690. The molecule has 72 valence electrons. The molecule has 0 aliphatic rings. The maximum absolute atomic E-state index is 5.62. The first kappa shape index (κ1) is 10.1. The molecule has 0 aliphatic heterocycles. The van der Waals surface area contributed by atoms with Crippen molar-refractivity contribution < 1.29 is 4.84 Å². The first-order valence-corrected chi connectivity index (χ1v) is 4.17. The number of nitrogens with zero attached hydrogens (tertiary/aromatic N) is 2. The number of rotatable bonds is 4. The van der Waals surface area contributed by atoms with Gasteiger partial charge in [-0.15, -0.1) is 0 Å². The van der Waals surface area contributed by atoms with Gasteiger partial charge in [0.2, 0.25) is 0 Å². The van der Waals surface area contributed by atoms with Crippen molar-refractivity contribution in [2.24, 2.45) is 5.73 Å². The maximum Gasteiger partial charge on any atom is 0.0892 e. The molecular weight excluding hydrogens is 166 g/mol. The van der Waals surface area contributed by atoms with Gasteiger partial charge in [0, 0.05) is 19.8 Å². The summed E-state index contributed by atoms with van der Waals surface area (Å²) in [6, 6.07) is 5.78. The fraction of sp³-hybridized carbons (Fsp3) is 0.444. The van der Waals surface area contributed by atoms with E-state index in [1.165, 1.54) is 0 Å². The zero-order chi connectivity index (χ0) is 9.68. The molecule has 1 aromatic rings.